The second-order valence-electron chi connectivity index (χ2n) is 6.68. The topological polar surface area (TPSA) is 57.7 Å². The first kappa shape index (κ1) is 17.5. The molecule has 0 aliphatic carbocycles. The molecule has 2 aromatic rings. The molecular formula is C19H26N4O2. The number of nitrogens with zero attached hydrogens (tertiary/aromatic N) is 3. The van der Waals surface area contributed by atoms with Crippen LogP contribution in [0, 0.1) is 0 Å². The van der Waals surface area contributed by atoms with E-state index in [9.17, 15) is 4.79 Å². The Bertz CT molecular complexity index is 747. The molecule has 3 rings (SSSR count). The van der Waals surface area contributed by atoms with E-state index < -0.39 is 0 Å². The predicted octanol–water partition coefficient (Wildman–Crippen LogP) is 2.35. The standard InChI is InChI=1S/C19H26N4O2/c1-22(2)12-10-20-15-6-7-16-14(13-15)8-9-21-18(16)23-11-4-5-17(23)19(24)25-3/h6-9,13,17,20H,4-5,10-12H2,1-3H3. The van der Waals surface area contributed by atoms with Gasteiger partial charge in [0.05, 0.1) is 7.11 Å². The summed E-state index contributed by atoms with van der Waals surface area (Å²) in [4.78, 5) is 20.8. The maximum absolute atomic E-state index is 12.1. The minimum atomic E-state index is -0.235. The van der Waals surface area contributed by atoms with Crippen LogP contribution in [-0.4, -0.2) is 62.7 Å². The van der Waals surface area contributed by atoms with Gasteiger partial charge in [-0.3, -0.25) is 0 Å². The van der Waals surface area contributed by atoms with Gasteiger partial charge in [0.2, 0.25) is 0 Å². The lowest BCUT2D eigenvalue weighted by molar-refractivity contribution is -0.141. The summed E-state index contributed by atoms with van der Waals surface area (Å²) in [6, 6.07) is 8.08. The highest BCUT2D eigenvalue weighted by Gasteiger charge is 2.33. The van der Waals surface area contributed by atoms with Gasteiger partial charge in [0, 0.05) is 36.9 Å². The predicted molar refractivity (Wildman–Crippen MR) is 101 cm³/mol. The molecule has 6 nitrogen and oxygen atoms in total. The van der Waals surface area contributed by atoms with Gasteiger partial charge in [-0.1, -0.05) is 0 Å². The summed E-state index contributed by atoms with van der Waals surface area (Å²) >= 11 is 0. The van der Waals surface area contributed by atoms with Crippen LogP contribution in [0.25, 0.3) is 10.8 Å². The molecule has 1 unspecified atom stereocenters. The zero-order valence-corrected chi connectivity index (χ0v) is 15.2. The van der Waals surface area contributed by atoms with Crippen LogP contribution in [0.1, 0.15) is 12.8 Å². The Morgan fingerprint density at radius 2 is 2.24 bits per heavy atom. The van der Waals surface area contributed by atoms with Crippen LogP contribution in [0.5, 0.6) is 0 Å². The Kier molecular flexibility index (Phi) is 5.38. The summed E-state index contributed by atoms with van der Waals surface area (Å²) in [5.41, 5.74) is 1.09. The van der Waals surface area contributed by atoms with Crippen molar-refractivity contribution in [2.24, 2.45) is 0 Å². The highest BCUT2D eigenvalue weighted by atomic mass is 16.5. The van der Waals surface area contributed by atoms with Gasteiger partial charge >= 0.3 is 5.97 Å². The van der Waals surface area contributed by atoms with Crippen LogP contribution in [0.2, 0.25) is 0 Å². The van der Waals surface area contributed by atoms with E-state index in [2.05, 4.69) is 52.4 Å². The van der Waals surface area contributed by atoms with Crippen molar-refractivity contribution in [1.82, 2.24) is 9.88 Å². The Morgan fingerprint density at radius 1 is 1.40 bits per heavy atom. The Morgan fingerprint density at radius 3 is 3.00 bits per heavy atom. The Labute approximate surface area is 148 Å². The van der Waals surface area contributed by atoms with Crippen molar-refractivity contribution in [3.8, 4) is 0 Å². The number of aromatic nitrogens is 1. The number of fused-ring (bicyclic) bond motifs is 1. The molecule has 0 amide bonds. The monoisotopic (exact) mass is 342 g/mol. The molecule has 0 saturated carbocycles. The fourth-order valence-electron chi connectivity index (χ4n) is 3.33. The molecule has 1 aliphatic rings. The number of esters is 1. The molecule has 0 radical (unpaired) electrons. The molecule has 0 spiro atoms. The van der Waals surface area contributed by atoms with Crippen molar-refractivity contribution in [1.29, 1.82) is 0 Å². The SMILES string of the molecule is COC(=O)C1CCCN1c1nccc2cc(NCCN(C)C)ccc12. The molecule has 6 heteroatoms. The number of anilines is 2. The Balaban J connectivity index is 1.86. The molecule has 1 saturated heterocycles. The van der Waals surface area contributed by atoms with Crippen LogP contribution in [0.4, 0.5) is 11.5 Å². The lowest BCUT2D eigenvalue weighted by atomic mass is 10.1. The van der Waals surface area contributed by atoms with E-state index in [1.54, 1.807) is 0 Å². The van der Waals surface area contributed by atoms with Crippen molar-refractivity contribution in [3.63, 3.8) is 0 Å². The van der Waals surface area contributed by atoms with Crippen molar-refractivity contribution in [2.75, 3.05) is 51.1 Å². The molecule has 1 aliphatic heterocycles. The summed E-state index contributed by atoms with van der Waals surface area (Å²) in [6.07, 6.45) is 3.60. The van der Waals surface area contributed by atoms with Gasteiger partial charge in [-0.25, -0.2) is 9.78 Å². The lowest BCUT2D eigenvalue weighted by Gasteiger charge is -2.25. The van der Waals surface area contributed by atoms with Gasteiger partial charge in [0.15, 0.2) is 0 Å². The molecule has 2 heterocycles. The second-order valence-corrected chi connectivity index (χ2v) is 6.68. The first-order valence-electron chi connectivity index (χ1n) is 8.72. The molecule has 1 N–H and O–H groups in total. The maximum Gasteiger partial charge on any atom is 0.328 e. The lowest BCUT2D eigenvalue weighted by Crippen LogP contribution is -2.37. The quantitative estimate of drug-likeness (QED) is 0.813. The number of pyridine rings is 1. The van der Waals surface area contributed by atoms with E-state index in [0.717, 1.165) is 54.8 Å². The summed E-state index contributed by atoms with van der Waals surface area (Å²) in [7, 11) is 5.57. The normalized spacial score (nSPS) is 17.3. The third-order valence-corrected chi connectivity index (χ3v) is 4.63. The third kappa shape index (κ3) is 3.85. The number of likely N-dealkylation sites (N-methyl/N-ethyl adjacent to an activating group) is 1. The van der Waals surface area contributed by atoms with Crippen molar-refractivity contribution in [2.45, 2.75) is 18.9 Å². The van der Waals surface area contributed by atoms with E-state index in [1.165, 1.54) is 7.11 Å². The second kappa shape index (κ2) is 7.70. The van der Waals surface area contributed by atoms with Crippen LogP contribution >= 0.6 is 0 Å². The average molecular weight is 342 g/mol. The first-order chi connectivity index (χ1) is 12.1. The van der Waals surface area contributed by atoms with Crippen LogP contribution < -0.4 is 10.2 Å². The van der Waals surface area contributed by atoms with E-state index in [0.29, 0.717) is 0 Å². The van der Waals surface area contributed by atoms with Gasteiger partial charge in [-0.15, -0.1) is 0 Å². The summed E-state index contributed by atoms with van der Waals surface area (Å²) in [5, 5.41) is 5.63. The highest BCUT2D eigenvalue weighted by molar-refractivity contribution is 5.96. The highest BCUT2D eigenvalue weighted by Crippen LogP contribution is 2.32. The average Bonchev–Trinajstić information content (AvgIpc) is 3.09. The number of benzene rings is 1. The number of carbonyl (C=O) groups excluding carboxylic acids is 1. The van der Waals surface area contributed by atoms with E-state index in [1.807, 2.05) is 12.3 Å². The molecular weight excluding hydrogens is 316 g/mol. The molecule has 1 aromatic heterocycles. The number of hydrogen-bond acceptors (Lipinski definition) is 6. The van der Waals surface area contributed by atoms with Gasteiger partial charge in [0.1, 0.15) is 11.9 Å². The molecule has 134 valence electrons. The minimum Gasteiger partial charge on any atom is -0.467 e. The maximum atomic E-state index is 12.1. The molecule has 1 atom stereocenters. The first-order valence-corrected chi connectivity index (χ1v) is 8.72. The fourth-order valence-corrected chi connectivity index (χ4v) is 3.33. The molecule has 1 aromatic carbocycles. The van der Waals surface area contributed by atoms with Crippen LogP contribution in [0.3, 0.4) is 0 Å². The smallest absolute Gasteiger partial charge is 0.328 e. The van der Waals surface area contributed by atoms with Gasteiger partial charge < -0.3 is 19.9 Å². The third-order valence-electron chi connectivity index (χ3n) is 4.63. The van der Waals surface area contributed by atoms with E-state index in [-0.39, 0.29) is 12.0 Å². The molecule has 1 fully saturated rings. The minimum absolute atomic E-state index is 0.182. The number of methoxy groups -OCH3 is 1. The number of hydrogen-bond donors (Lipinski definition) is 1. The van der Waals surface area contributed by atoms with E-state index in [4.69, 9.17) is 4.74 Å². The number of carbonyl (C=O) groups is 1. The summed E-state index contributed by atoms with van der Waals surface area (Å²) in [5.74, 6) is 0.684. The largest absolute Gasteiger partial charge is 0.467 e. The van der Waals surface area contributed by atoms with Crippen molar-refractivity contribution < 1.29 is 9.53 Å². The molecule has 25 heavy (non-hydrogen) atoms. The fraction of sp³-hybridized carbons (Fsp3) is 0.474. The summed E-state index contributed by atoms with van der Waals surface area (Å²) in [6.45, 7) is 2.70. The van der Waals surface area contributed by atoms with Crippen molar-refractivity contribution in [3.05, 3.63) is 30.5 Å². The number of ether oxygens (including phenoxy) is 1. The van der Waals surface area contributed by atoms with Gasteiger partial charge in [0.25, 0.3) is 0 Å². The number of rotatable bonds is 6. The number of nitrogens with one attached hydrogen (secondary N) is 1. The Hall–Kier alpha value is -2.34. The van der Waals surface area contributed by atoms with Gasteiger partial charge in [-0.2, -0.15) is 0 Å². The van der Waals surface area contributed by atoms with Crippen LogP contribution in [0.15, 0.2) is 30.5 Å². The van der Waals surface area contributed by atoms with Crippen molar-refractivity contribution >= 4 is 28.2 Å². The zero-order chi connectivity index (χ0) is 17.8. The van der Waals surface area contributed by atoms with E-state index >= 15 is 0 Å². The van der Waals surface area contributed by atoms with Crippen LogP contribution in [-0.2, 0) is 9.53 Å². The molecule has 0 bridgehead atoms. The van der Waals surface area contributed by atoms with Gasteiger partial charge in [-0.05, 0) is 56.6 Å². The summed E-state index contributed by atoms with van der Waals surface area (Å²) < 4.78 is 4.96. The zero-order valence-electron chi connectivity index (χ0n) is 15.2.